The molecule has 0 aromatic heterocycles. The maximum atomic E-state index is 13.9. The number of hydrazone groups is 2. The second-order valence-electron chi connectivity index (χ2n) is 15.6. The zero-order chi connectivity index (χ0) is 36.3. The molecule has 0 saturated heterocycles. The van der Waals surface area contributed by atoms with Crippen molar-refractivity contribution in [3.8, 4) is 0 Å². The molecule has 2 aromatic rings. The first-order chi connectivity index (χ1) is 24.4. The Bertz CT molecular complexity index is 1700. The van der Waals surface area contributed by atoms with Crippen LogP contribution in [0.5, 0.6) is 0 Å². The predicted octanol–water partition coefficient (Wildman–Crippen LogP) is 8.81. The molecule has 2 aromatic carbocycles. The van der Waals surface area contributed by atoms with Crippen LogP contribution in [0.4, 0.5) is 20.2 Å². The van der Waals surface area contributed by atoms with Gasteiger partial charge in [0.1, 0.15) is 11.6 Å². The van der Waals surface area contributed by atoms with E-state index in [-0.39, 0.29) is 28.4 Å². The van der Waals surface area contributed by atoms with Gasteiger partial charge in [0, 0.05) is 35.1 Å². The van der Waals surface area contributed by atoms with Gasteiger partial charge in [-0.05, 0) is 159 Å². The summed E-state index contributed by atoms with van der Waals surface area (Å²) in [4.78, 5) is 12.0. The van der Waals surface area contributed by atoms with Crippen molar-refractivity contribution in [1.82, 2.24) is 10.9 Å². The van der Waals surface area contributed by atoms with E-state index in [1.807, 2.05) is 0 Å². The number of thiocarbonyl (C=S) groups is 2. The van der Waals surface area contributed by atoms with E-state index in [1.54, 1.807) is 24.3 Å². The largest absolute Gasteiger partial charge is 0.469 e. The number of carbonyl (C=O) groups excluding carboxylic acids is 1. The van der Waals surface area contributed by atoms with Crippen LogP contribution in [0.3, 0.4) is 0 Å². The number of ether oxygens (including phenoxy) is 1. The number of benzene rings is 2. The number of halogens is 2. The van der Waals surface area contributed by atoms with E-state index in [4.69, 9.17) is 39.4 Å². The Labute approximate surface area is 311 Å². The summed E-state index contributed by atoms with van der Waals surface area (Å²) in [5.74, 6) is 1.74. The molecule has 6 rings (SSSR count). The second-order valence-corrected chi connectivity index (χ2v) is 16.4. The molecule has 0 amide bonds. The number of esters is 1. The minimum absolute atomic E-state index is 0.124. The fraction of sp³-hybridized carbons (Fsp3) is 0.564. The van der Waals surface area contributed by atoms with Gasteiger partial charge in [-0.2, -0.15) is 10.2 Å². The normalized spacial score (nSPS) is 31.8. The quantitative estimate of drug-likeness (QED) is 0.121. The van der Waals surface area contributed by atoms with Crippen molar-refractivity contribution in [3.63, 3.8) is 0 Å². The lowest BCUT2D eigenvalue weighted by molar-refractivity contribution is -0.141. The second kappa shape index (κ2) is 15.6. The zero-order valence-corrected chi connectivity index (χ0v) is 31.6. The van der Waals surface area contributed by atoms with Crippen molar-refractivity contribution in [1.29, 1.82) is 0 Å². The van der Waals surface area contributed by atoms with Crippen molar-refractivity contribution in [2.45, 2.75) is 85.0 Å². The van der Waals surface area contributed by atoms with E-state index in [9.17, 15) is 13.6 Å². The molecule has 0 unspecified atom stereocenters. The van der Waals surface area contributed by atoms with E-state index >= 15 is 0 Å². The molecule has 0 radical (unpaired) electrons. The van der Waals surface area contributed by atoms with Gasteiger partial charge in [-0.15, -0.1) is 0 Å². The van der Waals surface area contributed by atoms with Crippen molar-refractivity contribution in [2.75, 3.05) is 17.7 Å². The van der Waals surface area contributed by atoms with Crippen LogP contribution in [0.2, 0.25) is 0 Å². The minimum atomic E-state index is -0.337. The third kappa shape index (κ3) is 8.11. The van der Waals surface area contributed by atoms with Crippen molar-refractivity contribution in [3.05, 3.63) is 60.2 Å². The van der Waals surface area contributed by atoms with Gasteiger partial charge in [-0.1, -0.05) is 32.9 Å². The summed E-state index contributed by atoms with van der Waals surface area (Å²) in [7, 11) is 1.46. The van der Waals surface area contributed by atoms with E-state index in [2.05, 4.69) is 42.3 Å². The summed E-state index contributed by atoms with van der Waals surface area (Å²) in [5.41, 5.74) is 9.77. The summed E-state index contributed by atoms with van der Waals surface area (Å²) in [6.07, 6.45) is 9.45. The molecule has 51 heavy (non-hydrogen) atoms. The van der Waals surface area contributed by atoms with Crippen molar-refractivity contribution in [2.24, 2.45) is 56.5 Å². The summed E-state index contributed by atoms with van der Waals surface area (Å²) in [6, 6.07) is 12.4. The fourth-order valence-electron chi connectivity index (χ4n) is 10.3. The molecular formula is C39H50F2N6O2S2. The molecule has 4 fully saturated rings. The Morgan fingerprint density at radius 2 is 1.53 bits per heavy atom. The van der Waals surface area contributed by atoms with Crippen LogP contribution in [0.15, 0.2) is 58.7 Å². The van der Waals surface area contributed by atoms with Crippen molar-refractivity contribution < 1.29 is 18.3 Å². The molecule has 0 aliphatic heterocycles. The van der Waals surface area contributed by atoms with E-state index in [0.29, 0.717) is 63.5 Å². The Morgan fingerprint density at radius 1 is 0.902 bits per heavy atom. The minimum Gasteiger partial charge on any atom is -0.469 e. The van der Waals surface area contributed by atoms with Gasteiger partial charge in [0.2, 0.25) is 0 Å². The molecule has 4 N–H and O–H groups in total. The first kappa shape index (κ1) is 37.3. The van der Waals surface area contributed by atoms with Crippen LogP contribution in [0.1, 0.15) is 85.0 Å². The number of nitrogens with one attached hydrogen (secondary N) is 4. The van der Waals surface area contributed by atoms with Crippen LogP contribution in [-0.2, 0) is 9.53 Å². The van der Waals surface area contributed by atoms with Gasteiger partial charge in [0.25, 0.3) is 0 Å². The lowest BCUT2D eigenvalue weighted by atomic mass is 9.44. The van der Waals surface area contributed by atoms with Gasteiger partial charge in [-0.3, -0.25) is 15.6 Å². The smallest absolute Gasteiger partial charge is 0.305 e. The number of anilines is 2. The Balaban J connectivity index is 1.22. The highest BCUT2D eigenvalue weighted by atomic mass is 32.1. The summed E-state index contributed by atoms with van der Waals surface area (Å²) < 4.78 is 32.5. The molecule has 0 bridgehead atoms. The lowest BCUT2D eigenvalue weighted by Gasteiger charge is -2.61. The molecule has 8 atom stereocenters. The number of rotatable bonds is 8. The third-order valence-corrected chi connectivity index (χ3v) is 13.3. The Morgan fingerprint density at radius 3 is 2.16 bits per heavy atom. The van der Waals surface area contributed by atoms with E-state index in [1.165, 1.54) is 31.4 Å². The number of nitrogens with zero attached hydrogens (tertiary/aromatic N) is 2. The van der Waals surface area contributed by atoms with E-state index in [0.717, 1.165) is 69.2 Å². The molecule has 0 spiro atoms. The lowest BCUT2D eigenvalue weighted by Crippen LogP contribution is -2.57. The van der Waals surface area contributed by atoms with Crippen LogP contribution >= 0.6 is 24.4 Å². The zero-order valence-electron chi connectivity index (χ0n) is 29.9. The highest BCUT2D eigenvalue weighted by molar-refractivity contribution is 7.80. The monoisotopic (exact) mass is 736 g/mol. The van der Waals surface area contributed by atoms with Crippen LogP contribution in [-0.4, -0.2) is 34.7 Å². The van der Waals surface area contributed by atoms with Gasteiger partial charge in [-0.25, -0.2) is 8.78 Å². The fourth-order valence-corrected chi connectivity index (χ4v) is 10.6. The molecule has 4 saturated carbocycles. The number of carbonyl (C=O) groups is 1. The summed E-state index contributed by atoms with van der Waals surface area (Å²) in [5, 5.41) is 16.6. The number of hydrogen-bond acceptors (Lipinski definition) is 6. The summed E-state index contributed by atoms with van der Waals surface area (Å²) in [6.45, 7) is 7.30. The maximum Gasteiger partial charge on any atom is 0.305 e. The number of fused-ring (bicyclic) bond motifs is 5. The highest BCUT2D eigenvalue weighted by Gasteiger charge is 2.62. The standard InChI is InChI=1S/C39H50F2N6O2S2/c1-23(11-14-34(48)49-4)30-12-13-31-35-32(16-18-39(30,31)3)38(2)17-15-29(44-46-36(50)42-27-9-5-7-25(40)21-27)19-24(38)20-33(35)45-47-37(51)43-28-10-6-8-26(41)22-28/h5-10,21-24,30-32,35H,11-20H2,1-4H3,(H2,42,46,50)(H2,43,47,51)/b44-29+,45-33+/t23-,24+,30-,31+,32+,35+,38+,39-/m1/s1. The van der Waals surface area contributed by atoms with E-state index < -0.39 is 0 Å². The average Bonchev–Trinajstić information content (AvgIpc) is 3.46. The first-order valence-electron chi connectivity index (χ1n) is 18.2. The van der Waals surface area contributed by atoms with Crippen LogP contribution in [0.25, 0.3) is 0 Å². The molecule has 12 heteroatoms. The molecule has 4 aliphatic carbocycles. The van der Waals surface area contributed by atoms with Gasteiger partial charge in [0.15, 0.2) is 10.2 Å². The van der Waals surface area contributed by atoms with Crippen LogP contribution < -0.4 is 21.5 Å². The Kier molecular flexibility index (Phi) is 11.4. The number of methoxy groups -OCH3 is 1. The molecule has 0 heterocycles. The van der Waals surface area contributed by atoms with Crippen molar-refractivity contribution >= 4 is 63.4 Å². The van der Waals surface area contributed by atoms with Gasteiger partial charge >= 0.3 is 5.97 Å². The Hall–Kier alpha value is -3.51. The molecule has 274 valence electrons. The first-order valence-corrected chi connectivity index (χ1v) is 19.0. The SMILES string of the molecule is COC(=O)CC[C@@H](C)[C@H]1CC[C@H]2[C@@H]3/C(=N/NC(=S)Nc4cccc(F)c4)C[C@@H]4C/C(=N/NC(=S)Nc5cccc(F)c5)CC[C@]4(C)[C@H]3CC[C@]12C. The molecule has 4 aliphatic rings. The molecule has 8 nitrogen and oxygen atoms in total. The number of hydrogen-bond donors (Lipinski definition) is 4. The highest BCUT2D eigenvalue weighted by Crippen LogP contribution is 2.67. The maximum absolute atomic E-state index is 13.9. The third-order valence-electron chi connectivity index (χ3n) is 12.9. The van der Waals surface area contributed by atoms with Crippen LogP contribution in [0, 0.1) is 58.0 Å². The topological polar surface area (TPSA) is 99.1 Å². The summed E-state index contributed by atoms with van der Waals surface area (Å²) >= 11 is 11.1. The van der Waals surface area contributed by atoms with Gasteiger partial charge < -0.3 is 15.4 Å². The predicted molar refractivity (Wildman–Crippen MR) is 207 cm³/mol. The van der Waals surface area contributed by atoms with Gasteiger partial charge in [0.05, 0.1) is 7.11 Å². The average molecular weight is 737 g/mol. The molecular weight excluding hydrogens is 687 g/mol.